The van der Waals surface area contributed by atoms with Gasteiger partial charge in [0, 0.05) is 18.3 Å². The molecule has 0 saturated heterocycles. The summed E-state index contributed by atoms with van der Waals surface area (Å²) >= 11 is 0. The summed E-state index contributed by atoms with van der Waals surface area (Å²) < 4.78 is 16.8. The van der Waals surface area contributed by atoms with Gasteiger partial charge in [-0.15, -0.1) is 0 Å². The van der Waals surface area contributed by atoms with Crippen molar-refractivity contribution in [1.29, 1.82) is 0 Å². The molecule has 2 amide bonds. The second kappa shape index (κ2) is 10.0. The molecule has 2 aromatic rings. The van der Waals surface area contributed by atoms with Crippen LogP contribution >= 0.6 is 0 Å². The van der Waals surface area contributed by atoms with Crippen LogP contribution in [0.2, 0.25) is 0 Å². The van der Waals surface area contributed by atoms with E-state index in [9.17, 15) is 9.59 Å². The highest BCUT2D eigenvalue weighted by Crippen LogP contribution is 2.34. The quantitative estimate of drug-likeness (QED) is 0.579. The second-order valence-corrected chi connectivity index (χ2v) is 6.71. The van der Waals surface area contributed by atoms with Crippen molar-refractivity contribution in [2.24, 2.45) is 0 Å². The lowest BCUT2D eigenvalue weighted by atomic mass is 10.0. The van der Waals surface area contributed by atoms with E-state index < -0.39 is 0 Å². The molecule has 0 spiro atoms. The van der Waals surface area contributed by atoms with E-state index in [-0.39, 0.29) is 24.1 Å². The summed E-state index contributed by atoms with van der Waals surface area (Å²) in [5, 5.41) is 3.14. The van der Waals surface area contributed by atoms with Crippen molar-refractivity contribution >= 4 is 23.1 Å². The molecule has 2 aromatic carbocycles. The second-order valence-electron chi connectivity index (χ2n) is 6.71. The molecule has 0 aliphatic carbocycles. The fourth-order valence-electron chi connectivity index (χ4n) is 3.40. The minimum atomic E-state index is -0.358. The van der Waals surface area contributed by atoms with Gasteiger partial charge < -0.3 is 19.5 Å². The van der Waals surface area contributed by atoms with Crippen LogP contribution in [0.4, 0.5) is 5.69 Å². The number of carbonyl (C=O) groups excluding carboxylic acids is 2. The van der Waals surface area contributed by atoms with E-state index in [0.29, 0.717) is 53.9 Å². The van der Waals surface area contributed by atoms with Gasteiger partial charge in [-0.3, -0.25) is 14.5 Å². The molecular weight excluding hydrogens is 396 g/mol. The van der Waals surface area contributed by atoms with Gasteiger partial charge in [-0.1, -0.05) is 12.1 Å². The maximum absolute atomic E-state index is 13.0. The largest absolute Gasteiger partial charge is 0.494 e. The zero-order valence-corrected chi connectivity index (χ0v) is 18.4. The van der Waals surface area contributed by atoms with Crippen LogP contribution in [0.15, 0.2) is 48.2 Å². The first-order valence-electron chi connectivity index (χ1n) is 10.5. The van der Waals surface area contributed by atoms with Gasteiger partial charge in [0.2, 0.25) is 0 Å². The number of nitrogens with one attached hydrogen (secondary N) is 1. The fraction of sp³-hybridized carbons (Fsp3) is 0.333. The van der Waals surface area contributed by atoms with Crippen LogP contribution in [0.1, 0.15) is 33.3 Å². The van der Waals surface area contributed by atoms with Crippen molar-refractivity contribution in [3.63, 3.8) is 0 Å². The van der Waals surface area contributed by atoms with E-state index in [1.807, 2.05) is 20.8 Å². The Morgan fingerprint density at radius 1 is 0.774 bits per heavy atom. The van der Waals surface area contributed by atoms with Crippen molar-refractivity contribution < 1.29 is 23.8 Å². The zero-order valence-electron chi connectivity index (χ0n) is 18.4. The Hall–Kier alpha value is -3.48. The minimum absolute atomic E-state index is 0.239. The lowest BCUT2D eigenvalue weighted by Gasteiger charge is -2.14. The summed E-state index contributed by atoms with van der Waals surface area (Å²) in [5.41, 5.74) is 1.85. The highest BCUT2D eigenvalue weighted by Gasteiger charge is 2.38. The van der Waals surface area contributed by atoms with Crippen molar-refractivity contribution in [1.82, 2.24) is 4.90 Å². The van der Waals surface area contributed by atoms with E-state index in [0.717, 1.165) is 0 Å². The third-order valence-electron chi connectivity index (χ3n) is 4.75. The van der Waals surface area contributed by atoms with Crippen LogP contribution in [-0.2, 0) is 9.59 Å². The Balaban J connectivity index is 2.01. The van der Waals surface area contributed by atoms with Gasteiger partial charge in [0.25, 0.3) is 11.8 Å². The summed E-state index contributed by atoms with van der Waals surface area (Å²) in [4.78, 5) is 27.2. The van der Waals surface area contributed by atoms with E-state index >= 15 is 0 Å². The molecule has 0 radical (unpaired) electrons. The topological polar surface area (TPSA) is 77.1 Å². The summed E-state index contributed by atoms with van der Waals surface area (Å²) in [6.45, 7) is 9.30. The minimum Gasteiger partial charge on any atom is -0.494 e. The number of hydrogen-bond donors (Lipinski definition) is 1. The van der Waals surface area contributed by atoms with Crippen LogP contribution in [0.5, 0.6) is 17.2 Å². The Kier molecular flexibility index (Phi) is 7.18. The number of carbonyl (C=O) groups is 2. The third kappa shape index (κ3) is 4.66. The molecule has 1 aliphatic heterocycles. The van der Waals surface area contributed by atoms with E-state index in [2.05, 4.69) is 5.32 Å². The molecule has 0 bridgehead atoms. The van der Waals surface area contributed by atoms with Crippen LogP contribution in [0.25, 0.3) is 5.57 Å². The summed E-state index contributed by atoms with van der Waals surface area (Å²) in [5.74, 6) is 1.22. The average Bonchev–Trinajstić information content (AvgIpc) is 3.00. The van der Waals surface area contributed by atoms with E-state index in [4.69, 9.17) is 14.2 Å². The van der Waals surface area contributed by atoms with Crippen LogP contribution < -0.4 is 19.5 Å². The number of ether oxygens (including phenoxy) is 3. The number of hydrogen-bond acceptors (Lipinski definition) is 6. The van der Waals surface area contributed by atoms with E-state index in [1.54, 1.807) is 49.4 Å². The van der Waals surface area contributed by atoms with Gasteiger partial charge in [-0.25, -0.2) is 0 Å². The van der Waals surface area contributed by atoms with Crippen LogP contribution in [-0.4, -0.2) is 43.1 Å². The standard InChI is InChI=1S/C24H28N2O5/c1-5-26-23(27)21(16-9-12-18(13-10-16)29-6-2)22(24(26)28)25-17-11-14-19(30-7-3)20(15-17)31-8-4/h9-15,25H,5-8H2,1-4H3. The monoisotopic (exact) mass is 424 g/mol. The molecular formula is C24H28N2O5. The zero-order chi connectivity index (χ0) is 22.4. The van der Waals surface area contributed by atoms with Crippen LogP contribution in [0, 0.1) is 0 Å². The van der Waals surface area contributed by atoms with Crippen molar-refractivity contribution in [2.75, 3.05) is 31.7 Å². The third-order valence-corrected chi connectivity index (χ3v) is 4.75. The maximum Gasteiger partial charge on any atom is 0.278 e. The predicted molar refractivity (Wildman–Crippen MR) is 119 cm³/mol. The molecule has 1 heterocycles. The molecule has 0 atom stereocenters. The summed E-state index contributed by atoms with van der Waals surface area (Å²) in [7, 11) is 0. The first-order chi connectivity index (χ1) is 15.0. The first kappa shape index (κ1) is 22.2. The number of likely N-dealkylation sites (N-methyl/N-ethyl adjacent to an activating group) is 1. The molecule has 0 saturated carbocycles. The average molecular weight is 424 g/mol. The number of nitrogens with zero attached hydrogens (tertiary/aromatic N) is 1. The smallest absolute Gasteiger partial charge is 0.278 e. The fourth-order valence-corrected chi connectivity index (χ4v) is 3.40. The maximum atomic E-state index is 13.0. The molecule has 0 aromatic heterocycles. The normalized spacial score (nSPS) is 13.6. The molecule has 31 heavy (non-hydrogen) atoms. The molecule has 1 aliphatic rings. The number of amides is 2. The molecule has 7 nitrogen and oxygen atoms in total. The SMILES string of the molecule is CCOc1ccc(C2=C(Nc3ccc(OCC)c(OCC)c3)C(=O)N(CC)C2=O)cc1. The molecule has 3 rings (SSSR count). The van der Waals surface area contributed by atoms with Gasteiger partial charge in [-0.2, -0.15) is 0 Å². The van der Waals surface area contributed by atoms with E-state index in [1.165, 1.54) is 4.90 Å². The predicted octanol–water partition coefficient (Wildman–Crippen LogP) is 4.09. The number of rotatable bonds is 10. The van der Waals surface area contributed by atoms with Crippen molar-refractivity contribution in [2.45, 2.75) is 27.7 Å². The van der Waals surface area contributed by atoms with Gasteiger partial charge in [-0.05, 0) is 57.5 Å². The number of benzene rings is 2. The van der Waals surface area contributed by atoms with Gasteiger partial charge in [0.15, 0.2) is 11.5 Å². The van der Waals surface area contributed by atoms with Gasteiger partial charge in [0.1, 0.15) is 11.4 Å². The van der Waals surface area contributed by atoms with Crippen molar-refractivity contribution in [3.8, 4) is 17.2 Å². The molecule has 164 valence electrons. The lowest BCUT2D eigenvalue weighted by Crippen LogP contribution is -2.32. The van der Waals surface area contributed by atoms with Gasteiger partial charge >= 0.3 is 0 Å². The number of anilines is 1. The Bertz CT molecular complexity index is 982. The molecule has 0 unspecified atom stereocenters. The van der Waals surface area contributed by atoms with Gasteiger partial charge in [0.05, 0.1) is 25.4 Å². The highest BCUT2D eigenvalue weighted by atomic mass is 16.5. The highest BCUT2D eigenvalue weighted by molar-refractivity contribution is 6.36. The van der Waals surface area contributed by atoms with Crippen molar-refractivity contribution in [3.05, 3.63) is 53.7 Å². The molecule has 0 fully saturated rings. The first-order valence-corrected chi connectivity index (χ1v) is 10.5. The number of imide groups is 1. The molecule has 7 heteroatoms. The Morgan fingerprint density at radius 2 is 1.42 bits per heavy atom. The Morgan fingerprint density at radius 3 is 2.03 bits per heavy atom. The Labute approximate surface area is 182 Å². The summed E-state index contributed by atoms with van der Waals surface area (Å²) in [6.07, 6.45) is 0. The summed E-state index contributed by atoms with van der Waals surface area (Å²) in [6, 6.07) is 12.5. The lowest BCUT2D eigenvalue weighted by molar-refractivity contribution is -0.136. The molecule has 1 N–H and O–H groups in total. The van der Waals surface area contributed by atoms with Crippen LogP contribution in [0.3, 0.4) is 0 Å².